The molecule has 1 atom stereocenters. The van der Waals surface area contributed by atoms with Crippen LogP contribution < -0.4 is 16.4 Å². The summed E-state index contributed by atoms with van der Waals surface area (Å²) in [5.74, 6) is 0. The third kappa shape index (κ3) is 4.06. The van der Waals surface area contributed by atoms with E-state index in [0.29, 0.717) is 6.54 Å². The zero-order valence-electron chi connectivity index (χ0n) is 4.94. The van der Waals surface area contributed by atoms with Crippen LogP contribution in [0.2, 0.25) is 0 Å². The van der Waals surface area contributed by atoms with Crippen LogP contribution in [0.25, 0.3) is 0 Å². The van der Waals surface area contributed by atoms with Gasteiger partial charge in [-0.05, 0) is 21.9 Å². The summed E-state index contributed by atoms with van der Waals surface area (Å²) in [7, 11) is 2.32. The van der Waals surface area contributed by atoms with E-state index in [0.717, 1.165) is 5.57 Å². The molecule has 0 aliphatic carbocycles. The van der Waals surface area contributed by atoms with Crippen molar-refractivity contribution in [3.8, 4) is 0 Å². The second-order valence-electron chi connectivity index (χ2n) is 1.48. The van der Waals surface area contributed by atoms with E-state index in [1.807, 2.05) is 13.1 Å². The van der Waals surface area contributed by atoms with Gasteiger partial charge in [0.15, 0.2) is 0 Å². The van der Waals surface area contributed by atoms with Crippen molar-refractivity contribution in [1.29, 1.82) is 0 Å². The fourth-order valence-corrected chi connectivity index (χ4v) is 0.307. The van der Waals surface area contributed by atoms with Gasteiger partial charge in [-0.2, -0.15) is 0 Å². The number of hydrogen-bond acceptors (Lipinski definition) is 3. The van der Waals surface area contributed by atoms with Crippen LogP contribution in [-0.4, -0.2) is 6.54 Å². The molecule has 0 radical (unpaired) electrons. The van der Waals surface area contributed by atoms with Gasteiger partial charge in [0.2, 0.25) is 0 Å². The summed E-state index contributed by atoms with van der Waals surface area (Å²) < 4.78 is 0. The summed E-state index contributed by atoms with van der Waals surface area (Å²) in [5, 5.41) is 2.67. The second-order valence-corrected chi connectivity index (χ2v) is 1.77. The van der Waals surface area contributed by atoms with Crippen LogP contribution in [0.1, 0.15) is 6.92 Å². The molecule has 0 aromatic carbocycles. The average Bonchev–Trinajstić information content (AvgIpc) is 1.83. The van der Waals surface area contributed by atoms with Crippen molar-refractivity contribution in [2.24, 2.45) is 5.73 Å². The van der Waals surface area contributed by atoms with Crippen molar-refractivity contribution in [2.45, 2.75) is 6.92 Å². The smallest absolute Gasteiger partial charge is 0.0151 e. The monoisotopic (exact) mass is 133 g/mol. The molecule has 0 aliphatic rings. The van der Waals surface area contributed by atoms with Crippen LogP contribution in [0.4, 0.5) is 0 Å². The van der Waals surface area contributed by atoms with Gasteiger partial charge in [0, 0.05) is 12.7 Å². The van der Waals surface area contributed by atoms with E-state index in [2.05, 4.69) is 20.0 Å². The standard InChI is InChI=1S/C4H12N3P/c1-4(2-5)3-6-7-8/h3,6-7H,2,5,8H2,1H3/b4-3+. The molecule has 0 heterocycles. The average molecular weight is 133 g/mol. The predicted octanol–water partition coefficient (Wildman–Crippen LogP) is -0.267. The molecule has 0 aliphatic heterocycles. The third-order valence-electron chi connectivity index (χ3n) is 0.724. The Morgan fingerprint density at radius 1 is 1.88 bits per heavy atom. The molecule has 0 amide bonds. The first kappa shape index (κ1) is 7.89. The fourth-order valence-electron chi connectivity index (χ4n) is 0.224. The van der Waals surface area contributed by atoms with E-state index in [1.54, 1.807) is 0 Å². The highest BCUT2D eigenvalue weighted by Crippen LogP contribution is 1.81. The molecule has 0 aromatic rings. The van der Waals surface area contributed by atoms with Crippen molar-refractivity contribution in [1.82, 2.24) is 10.6 Å². The Hall–Kier alpha value is -0.110. The Morgan fingerprint density at radius 3 is 2.88 bits per heavy atom. The molecule has 0 saturated carbocycles. The summed E-state index contributed by atoms with van der Waals surface area (Å²) >= 11 is 0. The van der Waals surface area contributed by atoms with E-state index >= 15 is 0 Å². The molecule has 1 unspecified atom stereocenters. The second kappa shape index (κ2) is 5.04. The van der Waals surface area contributed by atoms with Crippen molar-refractivity contribution < 1.29 is 0 Å². The highest BCUT2D eigenvalue weighted by Gasteiger charge is 1.77. The van der Waals surface area contributed by atoms with Gasteiger partial charge in [-0.3, -0.25) is 0 Å². The Balaban J connectivity index is 3.26. The molecule has 0 saturated heterocycles. The lowest BCUT2D eigenvalue weighted by Crippen LogP contribution is -2.16. The summed E-state index contributed by atoms with van der Waals surface area (Å²) in [6.45, 7) is 2.55. The van der Waals surface area contributed by atoms with Gasteiger partial charge < -0.3 is 11.2 Å². The molecule has 0 spiro atoms. The van der Waals surface area contributed by atoms with Gasteiger partial charge in [0.05, 0.1) is 0 Å². The SMILES string of the molecule is C/C(=C\NNP)CN. The first-order valence-electron chi connectivity index (χ1n) is 2.38. The Morgan fingerprint density at radius 2 is 2.50 bits per heavy atom. The molecule has 8 heavy (non-hydrogen) atoms. The molecule has 0 fully saturated rings. The number of hydrazine groups is 1. The van der Waals surface area contributed by atoms with Gasteiger partial charge in [-0.1, -0.05) is 0 Å². The molecule has 48 valence electrons. The van der Waals surface area contributed by atoms with E-state index in [-0.39, 0.29) is 0 Å². The van der Waals surface area contributed by atoms with Gasteiger partial charge in [-0.15, -0.1) is 0 Å². The van der Waals surface area contributed by atoms with Crippen LogP contribution >= 0.6 is 9.39 Å². The zero-order chi connectivity index (χ0) is 6.41. The molecular formula is C4H12N3P. The molecular weight excluding hydrogens is 121 g/mol. The fraction of sp³-hybridized carbons (Fsp3) is 0.500. The van der Waals surface area contributed by atoms with E-state index in [1.165, 1.54) is 0 Å². The summed E-state index contributed by atoms with van der Waals surface area (Å²) in [6.07, 6.45) is 1.81. The first-order valence-corrected chi connectivity index (χ1v) is 2.96. The lowest BCUT2D eigenvalue weighted by molar-refractivity contribution is 0.858. The molecule has 0 aromatic heterocycles. The van der Waals surface area contributed by atoms with Crippen LogP contribution in [-0.2, 0) is 0 Å². The molecule has 0 bridgehead atoms. The van der Waals surface area contributed by atoms with Crippen molar-refractivity contribution in [3.05, 3.63) is 11.8 Å². The maximum Gasteiger partial charge on any atom is 0.0151 e. The van der Waals surface area contributed by atoms with Gasteiger partial charge in [-0.25, -0.2) is 5.20 Å². The van der Waals surface area contributed by atoms with Crippen molar-refractivity contribution >= 4 is 9.39 Å². The molecule has 3 nitrogen and oxygen atoms in total. The highest BCUT2D eigenvalue weighted by molar-refractivity contribution is 7.13. The number of nitrogens with two attached hydrogens (primary N) is 1. The van der Waals surface area contributed by atoms with Gasteiger partial charge in [0.25, 0.3) is 0 Å². The number of rotatable bonds is 3. The summed E-state index contributed by atoms with van der Waals surface area (Å²) in [4.78, 5) is 0. The molecule has 0 rings (SSSR count). The number of hydrogen-bond donors (Lipinski definition) is 3. The minimum Gasteiger partial charge on any atom is -0.327 e. The Labute approximate surface area is 51.9 Å². The van der Waals surface area contributed by atoms with Crippen LogP contribution in [0, 0.1) is 0 Å². The van der Waals surface area contributed by atoms with Gasteiger partial charge in [0.1, 0.15) is 0 Å². The normalized spacial score (nSPS) is 11.6. The van der Waals surface area contributed by atoms with Crippen molar-refractivity contribution in [2.75, 3.05) is 6.54 Å². The molecule has 4 heteroatoms. The zero-order valence-corrected chi connectivity index (χ0v) is 6.09. The van der Waals surface area contributed by atoms with Crippen LogP contribution in [0.5, 0.6) is 0 Å². The maximum absolute atomic E-state index is 5.27. The summed E-state index contributed by atoms with van der Waals surface area (Å²) in [5.41, 5.74) is 9.15. The molecule has 4 N–H and O–H groups in total. The minimum atomic E-state index is 0.597. The van der Waals surface area contributed by atoms with Crippen LogP contribution in [0.15, 0.2) is 11.8 Å². The predicted molar refractivity (Wildman–Crippen MR) is 38.8 cm³/mol. The van der Waals surface area contributed by atoms with E-state index in [4.69, 9.17) is 5.73 Å². The Bertz CT molecular complexity index is 81.4. The number of nitrogens with one attached hydrogen (secondary N) is 2. The van der Waals surface area contributed by atoms with E-state index in [9.17, 15) is 0 Å². The lowest BCUT2D eigenvalue weighted by atomic mass is 10.3. The van der Waals surface area contributed by atoms with E-state index < -0.39 is 0 Å². The van der Waals surface area contributed by atoms with Gasteiger partial charge >= 0.3 is 0 Å². The highest BCUT2D eigenvalue weighted by atomic mass is 31.0. The quantitative estimate of drug-likeness (QED) is 0.367. The third-order valence-corrected chi connectivity index (χ3v) is 0.891. The maximum atomic E-state index is 5.27. The lowest BCUT2D eigenvalue weighted by Gasteiger charge is -1.96. The van der Waals surface area contributed by atoms with Crippen molar-refractivity contribution in [3.63, 3.8) is 0 Å². The van der Waals surface area contributed by atoms with Crippen LogP contribution in [0.3, 0.4) is 0 Å². The largest absolute Gasteiger partial charge is 0.327 e. The minimum absolute atomic E-state index is 0.597. The topological polar surface area (TPSA) is 50.1 Å². The first-order chi connectivity index (χ1) is 3.81. The Kier molecular flexibility index (Phi) is 4.97. The summed E-state index contributed by atoms with van der Waals surface area (Å²) in [6, 6.07) is 0.